The van der Waals surface area contributed by atoms with Crippen molar-refractivity contribution >= 4 is 45.6 Å². The van der Waals surface area contributed by atoms with E-state index in [1.807, 2.05) is 0 Å². The highest BCUT2D eigenvalue weighted by atomic mass is 127. The molecule has 1 rings (SSSR count). The summed E-state index contributed by atoms with van der Waals surface area (Å²) in [5.74, 6) is -0.525. The third kappa shape index (κ3) is 9.43. The molecule has 12 heteroatoms. The van der Waals surface area contributed by atoms with Crippen LogP contribution < -0.4 is 15.8 Å². The maximum Gasteiger partial charge on any atom is 0.573 e. The minimum Gasteiger partial charge on any atom is -0.404 e. The highest BCUT2D eigenvalue weighted by Gasteiger charge is 2.32. The molecular formula is C14H22F3IN4O3S. The van der Waals surface area contributed by atoms with Crippen molar-refractivity contribution in [3.8, 4) is 5.75 Å². The third-order valence-corrected chi connectivity index (χ3v) is 4.42. The fourth-order valence-electron chi connectivity index (χ4n) is 1.97. The van der Waals surface area contributed by atoms with Crippen molar-refractivity contribution in [3.05, 3.63) is 24.3 Å². The van der Waals surface area contributed by atoms with E-state index in [2.05, 4.69) is 15.0 Å². The van der Waals surface area contributed by atoms with Crippen LogP contribution in [0.15, 0.2) is 29.3 Å². The summed E-state index contributed by atoms with van der Waals surface area (Å²) < 4.78 is 65.1. The molecule has 0 spiro atoms. The minimum atomic E-state index is -4.82. The Labute approximate surface area is 167 Å². The Hall–Kier alpha value is -1.28. The molecule has 26 heavy (non-hydrogen) atoms. The van der Waals surface area contributed by atoms with Crippen LogP contribution in [0.3, 0.4) is 0 Å². The second-order valence-corrected chi connectivity index (χ2v) is 7.03. The van der Waals surface area contributed by atoms with E-state index in [0.29, 0.717) is 13.0 Å². The summed E-state index contributed by atoms with van der Waals surface area (Å²) in [5.41, 5.74) is 5.66. The van der Waals surface area contributed by atoms with E-state index in [4.69, 9.17) is 5.73 Å². The summed E-state index contributed by atoms with van der Waals surface area (Å²) in [5, 5.41) is 2.54. The molecule has 0 amide bonds. The quantitative estimate of drug-likeness (QED) is 0.243. The molecule has 7 nitrogen and oxygen atoms in total. The average molecular weight is 510 g/mol. The smallest absolute Gasteiger partial charge is 0.404 e. The van der Waals surface area contributed by atoms with Crippen LogP contribution in [-0.4, -0.2) is 50.9 Å². The third-order valence-electron chi connectivity index (χ3n) is 3.04. The Balaban J connectivity index is 0.00000625. The number of hydrogen-bond acceptors (Lipinski definition) is 4. The predicted octanol–water partition coefficient (Wildman–Crippen LogP) is 2.60. The summed E-state index contributed by atoms with van der Waals surface area (Å²) in [6.45, 7) is 2.56. The highest BCUT2D eigenvalue weighted by Crippen LogP contribution is 2.29. The molecule has 3 N–H and O–H groups in total. The molecule has 1 aromatic carbocycles. The molecule has 0 radical (unpaired) electrons. The number of para-hydroxylation sites is 2. The number of hydrogen-bond donors (Lipinski definition) is 2. The van der Waals surface area contributed by atoms with Crippen LogP contribution in [0.4, 0.5) is 18.9 Å². The number of rotatable bonds is 8. The van der Waals surface area contributed by atoms with E-state index < -0.39 is 22.1 Å². The Morgan fingerprint density at radius 3 is 2.50 bits per heavy atom. The first-order chi connectivity index (χ1) is 11.5. The van der Waals surface area contributed by atoms with E-state index in [1.165, 1.54) is 22.5 Å². The summed E-state index contributed by atoms with van der Waals surface area (Å²) in [6, 6.07) is 5.43. The Morgan fingerprint density at radius 2 is 1.96 bits per heavy atom. The van der Waals surface area contributed by atoms with Gasteiger partial charge in [0.25, 0.3) is 0 Å². The Bertz CT molecular complexity index is 699. The van der Waals surface area contributed by atoms with Gasteiger partial charge in [-0.15, -0.1) is 37.1 Å². The molecule has 0 heterocycles. The zero-order valence-electron chi connectivity index (χ0n) is 14.3. The number of nitrogens with one attached hydrogen (secondary N) is 1. The summed E-state index contributed by atoms with van der Waals surface area (Å²) in [6.07, 6.45) is -3.28. The lowest BCUT2D eigenvalue weighted by molar-refractivity contribution is -0.274. The predicted molar refractivity (Wildman–Crippen MR) is 105 cm³/mol. The number of benzene rings is 1. The molecule has 0 aliphatic rings. The van der Waals surface area contributed by atoms with E-state index in [1.54, 1.807) is 6.92 Å². The van der Waals surface area contributed by atoms with Gasteiger partial charge in [-0.2, -0.15) is 0 Å². The molecule has 0 aliphatic heterocycles. The zero-order chi connectivity index (χ0) is 19.1. The number of ether oxygens (including phenoxy) is 1. The first kappa shape index (κ1) is 24.7. The summed E-state index contributed by atoms with van der Waals surface area (Å²) >= 11 is 0. The lowest BCUT2D eigenvalue weighted by Crippen LogP contribution is -2.31. The van der Waals surface area contributed by atoms with Gasteiger partial charge >= 0.3 is 6.36 Å². The number of aliphatic imine (C=N–C) groups is 1. The van der Waals surface area contributed by atoms with Gasteiger partial charge in [-0.3, -0.25) is 4.99 Å². The average Bonchev–Trinajstić information content (AvgIpc) is 2.46. The summed E-state index contributed by atoms with van der Waals surface area (Å²) in [7, 11) is -3.27. The van der Waals surface area contributed by atoms with Gasteiger partial charge < -0.3 is 15.8 Å². The minimum absolute atomic E-state index is 0. The zero-order valence-corrected chi connectivity index (χ0v) is 17.4. The first-order valence-electron chi connectivity index (χ1n) is 7.39. The molecule has 0 fully saturated rings. The first-order valence-corrected chi connectivity index (χ1v) is 9.24. The largest absolute Gasteiger partial charge is 0.573 e. The summed E-state index contributed by atoms with van der Waals surface area (Å²) in [4.78, 5) is 3.97. The van der Waals surface area contributed by atoms with Crippen molar-refractivity contribution in [2.75, 3.05) is 31.2 Å². The van der Waals surface area contributed by atoms with Crippen molar-refractivity contribution < 1.29 is 26.3 Å². The van der Waals surface area contributed by atoms with Crippen molar-refractivity contribution in [2.24, 2.45) is 10.7 Å². The number of halogens is 4. The number of sulfonamides is 1. The molecule has 0 unspecified atom stereocenters. The van der Waals surface area contributed by atoms with Crippen LogP contribution in [0, 0.1) is 0 Å². The van der Waals surface area contributed by atoms with E-state index >= 15 is 0 Å². The normalized spacial score (nSPS) is 12.6. The maximum absolute atomic E-state index is 12.3. The standard InChI is InChI=1S/C14H21F3N4O3S.HI/c1-3-21(25(2,22)23)10-6-9-19-13(18)20-11-7-4-5-8-12(11)24-14(15,16)17;/h4-5,7-8H,3,6,9-10H2,1-2H3,(H3,18,19,20);1H. The van der Waals surface area contributed by atoms with Crippen molar-refractivity contribution in [3.63, 3.8) is 0 Å². The lowest BCUT2D eigenvalue weighted by atomic mass is 10.3. The number of guanidine groups is 1. The van der Waals surface area contributed by atoms with Crippen LogP contribution in [0.25, 0.3) is 0 Å². The van der Waals surface area contributed by atoms with Crippen molar-refractivity contribution in [2.45, 2.75) is 19.7 Å². The molecule has 0 saturated heterocycles. The fraction of sp³-hybridized carbons (Fsp3) is 0.500. The van der Waals surface area contributed by atoms with Crippen LogP contribution >= 0.6 is 24.0 Å². The van der Waals surface area contributed by atoms with Gasteiger partial charge in [-0.05, 0) is 18.6 Å². The highest BCUT2D eigenvalue weighted by molar-refractivity contribution is 14.0. The number of nitrogens with zero attached hydrogens (tertiary/aromatic N) is 2. The fourth-order valence-corrected chi connectivity index (χ4v) is 2.90. The van der Waals surface area contributed by atoms with Crippen LogP contribution in [0.2, 0.25) is 0 Å². The van der Waals surface area contributed by atoms with E-state index in [0.717, 1.165) is 12.3 Å². The number of anilines is 1. The van der Waals surface area contributed by atoms with Crippen LogP contribution in [0.5, 0.6) is 5.75 Å². The van der Waals surface area contributed by atoms with Gasteiger partial charge in [-0.1, -0.05) is 19.1 Å². The van der Waals surface area contributed by atoms with Crippen LogP contribution in [-0.2, 0) is 10.0 Å². The SMILES string of the molecule is CCN(CCCN=C(N)Nc1ccccc1OC(F)(F)F)S(C)(=O)=O.I. The molecular weight excluding hydrogens is 488 g/mol. The number of nitrogens with two attached hydrogens (primary N) is 1. The van der Waals surface area contributed by atoms with Crippen molar-refractivity contribution in [1.82, 2.24) is 4.31 Å². The molecule has 0 aliphatic carbocycles. The van der Waals surface area contributed by atoms with E-state index in [-0.39, 0.29) is 48.7 Å². The molecule has 0 bridgehead atoms. The van der Waals surface area contributed by atoms with Gasteiger partial charge in [-0.25, -0.2) is 12.7 Å². The second kappa shape index (κ2) is 10.8. The van der Waals surface area contributed by atoms with Gasteiger partial charge in [0, 0.05) is 19.6 Å². The van der Waals surface area contributed by atoms with Gasteiger partial charge in [0.15, 0.2) is 11.7 Å². The molecule has 150 valence electrons. The maximum atomic E-state index is 12.3. The molecule has 0 aromatic heterocycles. The molecule has 0 atom stereocenters. The Kier molecular flexibility index (Phi) is 10.2. The monoisotopic (exact) mass is 510 g/mol. The lowest BCUT2D eigenvalue weighted by Gasteiger charge is -2.17. The Morgan fingerprint density at radius 1 is 1.35 bits per heavy atom. The molecule has 0 saturated carbocycles. The van der Waals surface area contributed by atoms with Gasteiger partial charge in [0.1, 0.15) is 0 Å². The van der Waals surface area contributed by atoms with Gasteiger partial charge in [0.05, 0.1) is 11.9 Å². The van der Waals surface area contributed by atoms with E-state index in [9.17, 15) is 21.6 Å². The second-order valence-electron chi connectivity index (χ2n) is 5.04. The van der Waals surface area contributed by atoms with Gasteiger partial charge in [0.2, 0.25) is 10.0 Å². The van der Waals surface area contributed by atoms with Crippen molar-refractivity contribution in [1.29, 1.82) is 0 Å². The van der Waals surface area contributed by atoms with Crippen LogP contribution in [0.1, 0.15) is 13.3 Å². The molecule has 1 aromatic rings. The number of alkyl halides is 3. The topological polar surface area (TPSA) is 97.0 Å².